The molecule has 1 fully saturated rings. The lowest BCUT2D eigenvalue weighted by atomic mass is 10.1. The number of benzene rings is 1. The fraction of sp³-hybridized carbons (Fsp3) is 0.533. The van der Waals surface area contributed by atoms with Gasteiger partial charge in [-0.1, -0.05) is 23.8 Å². The molecule has 1 heterocycles. The van der Waals surface area contributed by atoms with E-state index in [0.29, 0.717) is 12.5 Å². The van der Waals surface area contributed by atoms with Gasteiger partial charge in [0.05, 0.1) is 6.54 Å². The molecule has 1 unspecified atom stereocenters. The Labute approximate surface area is 108 Å². The Bertz CT molecular complexity index is 417. The van der Waals surface area contributed by atoms with E-state index in [0.717, 1.165) is 37.1 Å². The van der Waals surface area contributed by atoms with Crippen LogP contribution < -0.4 is 0 Å². The Balaban J connectivity index is 1.89. The lowest BCUT2D eigenvalue weighted by molar-refractivity contribution is 0.0942. The fourth-order valence-electron chi connectivity index (χ4n) is 2.59. The highest BCUT2D eigenvalue weighted by Crippen LogP contribution is 2.19. The summed E-state index contributed by atoms with van der Waals surface area (Å²) in [6.45, 7) is 4.68. The Morgan fingerprint density at radius 1 is 1.50 bits per heavy atom. The highest BCUT2D eigenvalue weighted by Gasteiger charge is 2.23. The summed E-state index contributed by atoms with van der Waals surface area (Å²) in [7, 11) is 0. The molecule has 3 nitrogen and oxygen atoms in total. The minimum absolute atomic E-state index is 0.198. The van der Waals surface area contributed by atoms with E-state index in [1.165, 1.54) is 0 Å². The zero-order valence-corrected chi connectivity index (χ0v) is 10.9. The number of aliphatic hydroxyl groups excluding tert-OH is 1. The van der Waals surface area contributed by atoms with Crippen molar-refractivity contribution in [2.75, 3.05) is 26.2 Å². The van der Waals surface area contributed by atoms with Crippen LogP contribution in [-0.4, -0.2) is 42.0 Å². The Morgan fingerprint density at radius 3 is 3.06 bits per heavy atom. The Kier molecular flexibility index (Phi) is 4.50. The minimum atomic E-state index is 0.198. The van der Waals surface area contributed by atoms with Gasteiger partial charge in [-0.3, -0.25) is 9.69 Å². The highest BCUT2D eigenvalue weighted by molar-refractivity contribution is 5.97. The molecule has 1 aliphatic heterocycles. The lowest BCUT2D eigenvalue weighted by Gasteiger charge is -2.15. The molecule has 0 spiro atoms. The summed E-state index contributed by atoms with van der Waals surface area (Å²) >= 11 is 0. The van der Waals surface area contributed by atoms with Crippen LogP contribution in [0.1, 0.15) is 28.8 Å². The molecule has 3 heteroatoms. The van der Waals surface area contributed by atoms with Crippen LogP contribution in [0.5, 0.6) is 0 Å². The number of nitrogens with zero attached hydrogens (tertiary/aromatic N) is 1. The van der Waals surface area contributed by atoms with Gasteiger partial charge < -0.3 is 5.11 Å². The zero-order chi connectivity index (χ0) is 13.0. The summed E-state index contributed by atoms with van der Waals surface area (Å²) in [6.07, 6.45) is 1.96. The first kappa shape index (κ1) is 13.2. The summed E-state index contributed by atoms with van der Waals surface area (Å²) in [6, 6.07) is 7.77. The van der Waals surface area contributed by atoms with Crippen LogP contribution >= 0.6 is 0 Å². The maximum atomic E-state index is 12.1. The second-order valence-electron chi connectivity index (χ2n) is 5.19. The van der Waals surface area contributed by atoms with Crippen molar-refractivity contribution < 1.29 is 9.90 Å². The van der Waals surface area contributed by atoms with Crippen LogP contribution in [-0.2, 0) is 0 Å². The van der Waals surface area contributed by atoms with Gasteiger partial charge in [0.25, 0.3) is 0 Å². The highest BCUT2D eigenvalue weighted by atomic mass is 16.3. The predicted molar refractivity (Wildman–Crippen MR) is 71.8 cm³/mol. The van der Waals surface area contributed by atoms with Crippen molar-refractivity contribution in [2.45, 2.75) is 19.8 Å². The van der Waals surface area contributed by atoms with Crippen molar-refractivity contribution in [3.63, 3.8) is 0 Å². The summed E-state index contributed by atoms with van der Waals surface area (Å²) in [4.78, 5) is 14.3. The van der Waals surface area contributed by atoms with Crippen molar-refractivity contribution in [3.05, 3.63) is 35.4 Å². The number of aryl methyl sites for hydroxylation is 1. The summed E-state index contributed by atoms with van der Waals surface area (Å²) in [5, 5.41) is 8.92. The molecule has 0 radical (unpaired) electrons. The number of hydrogen-bond acceptors (Lipinski definition) is 3. The number of carbonyl (C=O) groups excluding carboxylic acids is 1. The predicted octanol–water partition coefficient (Wildman–Crippen LogP) is 1.88. The van der Waals surface area contributed by atoms with Crippen molar-refractivity contribution >= 4 is 5.78 Å². The molecule has 1 atom stereocenters. The molecule has 0 saturated carbocycles. The maximum absolute atomic E-state index is 12.1. The molecule has 0 bridgehead atoms. The van der Waals surface area contributed by atoms with E-state index in [2.05, 4.69) is 4.90 Å². The Morgan fingerprint density at radius 2 is 2.33 bits per heavy atom. The molecule has 0 aliphatic carbocycles. The van der Waals surface area contributed by atoms with Gasteiger partial charge in [0.2, 0.25) is 0 Å². The van der Waals surface area contributed by atoms with Crippen molar-refractivity contribution in [1.82, 2.24) is 4.90 Å². The van der Waals surface area contributed by atoms with Gasteiger partial charge in [0, 0.05) is 18.7 Å². The molecule has 1 aromatic carbocycles. The van der Waals surface area contributed by atoms with Crippen molar-refractivity contribution in [3.8, 4) is 0 Å². The van der Waals surface area contributed by atoms with E-state index in [1.807, 2.05) is 31.2 Å². The summed E-state index contributed by atoms with van der Waals surface area (Å²) in [5.74, 6) is 0.753. The van der Waals surface area contributed by atoms with E-state index in [9.17, 15) is 4.79 Å². The molecule has 18 heavy (non-hydrogen) atoms. The van der Waals surface area contributed by atoms with Gasteiger partial charge in [-0.25, -0.2) is 0 Å². The first-order chi connectivity index (χ1) is 8.69. The van der Waals surface area contributed by atoms with Crippen LogP contribution in [0.25, 0.3) is 0 Å². The van der Waals surface area contributed by atoms with Crippen molar-refractivity contribution in [1.29, 1.82) is 0 Å². The summed E-state index contributed by atoms with van der Waals surface area (Å²) in [5.41, 5.74) is 1.93. The van der Waals surface area contributed by atoms with Crippen LogP contribution in [0, 0.1) is 12.8 Å². The van der Waals surface area contributed by atoms with E-state index in [-0.39, 0.29) is 12.4 Å². The number of Topliss-reactive ketones (excluding diaryl/α,β-unsaturated/α-hetero) is 1. The molecule has 1 aromatic rings. The maximum Gasteiger partial charge on any atom is 0.176 e. The minimum Gasteiger partial charge on any atom is -0.396 e. The monoisotopic (exact) mass is 247 g/mol. The number of aliphatic hydroxyl groups is 1. The number of rotatable bonds is 5. The second-order valence-corrected chi connectivity index (χ2v) is 5.19. The molecule has 1 N–H and O–H groups in total. The van der Waals surface area contributed by atoms with Gasteiger partial charge in [-0.2, -0.15) is 0 Å². The average molecular weight is 247 g/mol. The first-order valence-corrected chi connectivity index (χ1v) is 6.62. The molecular formula is C15H21NO2. The Hall–Kier alpha value is -1.19. The molecule has 1 aliphatic rings. The SMILES string of the molecule is Cc1cccc(C(=O)CN2CCC(CCO)C2)c1. The first-order valence-electron chi connectivity index (χ1n) is 6.62. The van der Waals surface area contributed by atoms with E-state index in [1.54, 1.807) is 0 Å². The third kappa shape index (κ3) is 3.40. The molecule has 2 rings (SSSR count). The number of ketones is 1. The van der Waals surface area contributed by atoms with Crippen LogP contribution in [0.4, 0.5) is 0 Å². The fourth-order valence-corrected chi connectivity index (χ4v) is 2.59. The topological polar surface area (TPSA) is 40.5 Å². The lowest BCUT2D eigenvalue weighted by Crippen LogP contribution is -2.28. The van der Waals surface area contributed by atoms with Gasteiger partial charge in [-0.05, 0) is 38.3 Å². The smallest absolute Gasteiger partial charge is 0.176 e. The largest absolute Gasteiger partial charge is 0.396 e. The molecule has 98 valence electrons. The van der Waals surface area contributed by atoms with Gasteiger partial charge in [0.15, 0.2) is 5.78 Å². The third-order valence-electron chi connectivity index (χ3n) is 3.61. The van der Waals surface area contributed by atoms with E-state index in [4.69, 9.17) is 5.11 Å². The van der Waals surface area contributed by atoms with Crippen LogP contribution in [0.2, 0.25) is 0 Å². The molecule has 0 aromatic heterocycles. The van der Waals surface area contributed by atoms with Crippen LogP contribution in [0.3, 0.4) is 0 Å². The number of likely N-dealkylation sites (tertiary alicyclic amines) is 1. The number of carbonyl (C=O) groups is 1. The van der Waals surface area contributed by atoms with Crippen molar-refractivity contribution in [2.24, 2.45) is 5.92 Å². The van der Waals surface area contributed by atoms with E-state index >= 15 is 0 Å². The van der Waals surface area contributed by atoms with Gasteiger partial charge in [0.1, 0.15) is 0 Å². The molecule has 0 amide bonds. The average Bonchev–Trinajstić information content (AvgIpc) is 2.77. The number of hydrogen-bond donors (Lipinski definition) is 1. The molecule has 1 saturated heterocycles. The zero-order valence-electron chi connectivity index (χ0n) is 10.9. The third-order valence-corrected chi connectivity index (χ3v) is 3.61. The van der Waals surface area contributed by atoms with Crippen LogP contribution in [0.15, 0.2) is 24.3 Å². The van der Waals surface area contributed by atoms with Gasteiger partial charge >= 0.3 is 0 Å². The summed E-state index contributed by atoms with van der Waals surface area (Å²) < 4.78 is 0. The quantitative estimate of drug-likeness (QED) is 0.808. The normalized spacial score (nSPS) is 20.2. The molecular weight excluding hydrogens is 226 g/mol. The standard InChI is InChI=1S/C15H21NO2/c1-12-3-2-4-14(9-12)15(18)11-16-7-5-13(10-16)6-8-17/h2-4,9,13,17H,5-8,10-11H2,1H3. The van der Waals surface area contributed by atoms with E-state index < -0.39 is 0 Å². The second kappa shape index (κ2) is 6.12. The van der Waals surface area contributed by atoms with Gasteiger partial charge in [-0.15, -0.1) is 0 Å².